The Labute approximate surface area is 236 Å². The first kappa shape index (κ1) is 31.6. The molecule has 2 aliphatic rings. The van der Waals surface area contributed by atoms with Crippen LogP contribution in [0.15, 0.2) is 59.7 Å². The van der Waals surface area contributed by atoms with Crippen LogP contribution in [0.1, 0.15) is 73.6 Å². The molecular formula is C30H43N2SnZr. The quantitative estimate of drug-likeness (QED) is 0.271. The molecule has 0 N–H and O–H groups in total. The van der Waals surface area contributed by atoms with Gasteiger partial charge in [0.05, 0.1) is 0 Å². The summed E-state index contributed by atoms with van der Waals surface area (Å²) < 4.78 is 2.19. The van der Waals surface area contributed by atoms with Gasteiger partial charge in [0, 0.05) is 0 Å². The van der Waals surface area contributed by atoms with E-state index in [0.29, 0.717) is 5.92 Å². The van der Waals surface area contributed by atoms with Crippen LogP contribution in [0.4, 0.5) is 0 Å². The van der Waals surface area contributed by atoms with Crippen molar-refractivity contribution in [2.24, 2.45) is 0 Å². The zero-order chi connectivity index (χ0) is 24.2. The van der Waals surface area contributed by atoms with Crippen molar-refractivity contribution in [2.45, 2.75) is 60.8 Å². The summed E-state index contributed by atoms with van der Waals surface area (Å²) in [5, 5.41) is 7.94. The Kier molecular flexibility index (Phi) is 15.8. The summed E-state index contributed by atoms with van der Waals surface area (Å²) in [4.78, 5) is 2.63. The molecule has 0 bridgehead atoms. The van der Waals surface area contributed by atoms with Crippen LogP contribution in [-0.2, 0) is 26.2 Å². The molecule has 0 amide bonds. The van der Waals surface area contributed by atoms with Crippen molar-refractivity contribution in [3.05, 3.63) is 92.6 Å². The molecule has 34 heavy (non-hydrogen) atoms. The summed E-state index contributed by atoms with van der Waals surface area (Å²) in [5.74, 6) is 0.672. The molecule has 2 aliphatic carbocycles. The van der Waals surface area contributed by atoms with Crippen LogP contribution in [-0.4, -0.2) is 45.9 Å². The van der Waals surface area contributed by atoms with Gasteiger partial charge in [-0.25, -0.2) is 0 Å². The van der Waals surface area contributed by atoms with Gasteiger partial charge in [-0.05, 0) is 0 Å². The van der Waals surface area contributed by atoms with Gasteiger partial charge in [0.2, 0.25) is 0 Å². The molecule has 0 fully saturated rings. The third kappa shape index (κ3) is 8.87. The van der Waals surface area contributed by atoms with E-state index in [2.05, 4.69) is 90.1 Å². The molecule has 4 heteroatoms. The van der Waals surface area contributed by atoms with Crippen molar-refractivity contribution in [1.82, 2.24) is 0 Å². The first-order valence-electron chi connectivity index (χ1n) is 12.6. The number of hydrogen-bond donors (Lipinski definition) is 0. The molecule has 4 rings (SSSR count). The predicted molar refractivity (Wildman–Crippen MR) is 151 cm³/mol. The molecule has 1 radical (unpaired) electrons. The fourth-order valence-electron chi connectivity index (χ4n) is 4.84. The number of fused-ring (bicyclic) bond motifs is 2. The second-order valence-corrected chi connectivity index (χ2v) is 16.4. The van der Waals surface area contributed by atoms with Gasteiger partial charge in [-0.2, -0.15) is 26.2 Å². The van der Waals surface area contributed by atoms with Gasteiger partial charge >= 0.3 is 173 Å². The smallest absolute Gasteiger partial charge is 0.663 e. The van der Waals surface area contributed by atoms with Crippen LogP contribution < -0.4 is 0 Å². The van der Waals surface area contributed by atoms with E-state index < -0.39 is 19.8 Å². The summed E-state index contributed by atoms with van der Waals surface area (Å²) >= 11 is -1.56. The van der Waals surface area contributed by atoms with E-state index >= 15 is 0 Å². The first-order valence-corrected chi connectivity index (χ1v) is 19.1. The van der Waals surface area contributed by atoms with Gasteiger partial charge in [-0.3, -0.25) is 0 Å². The van der Waals surface area contributed by atoms with Crippen LogP contribution in [0.5, 0.6) is 0 Å². The van der Waals surface area contributed by atoms with Crippen molar-refractivity contribution in [1.29, 1.82) is 0 Å². The predicted octanol–water partition coefficient (Wildman–Crippen LogP) is 8.85. The summed E-state index contributed by atoms with van der Waals surface area (Å²) in [7, 11) is 0. The maximum Gasteiger partial charge on any atom is 2.00 e. The van der Waals surface area contributed by atoms with Crippen LogP contribution in [0.25, 0.3) is 22.8 Å². The molecule has 2 aromatic carbocycles. The Morgan fingerprint density at radius 3 is 1.62 bits per heavy atom. The largest absolute Gasteiger partial charge is 2.00 e. The van der Waals surface area contributed by atoms with Gasteiger partial charge in [-0.15, -0.1) is 0 Å². The van der Waals surface area contributed by atoms with Crippen molar-refractivity contribution < 1.29 is 26.2 Å². The molecule has 2 atom stereocenters. The van der Waals surface area contributed by atoms with E-state index in [9.17, 15) is 0 Å². The van der Waals surface area contributed by atoms with Crippen molar-refractivity contribution in [3.63, 3.8) is 0 Å². The van der Waals surface area contributed by atoms with E-state index in [-0.39, 0.29) is 26.2 Å². The minimum atomic E-state index is -1.56. The number of benzene rings is 2. The Bertz CT molecular complexity index is 912. The average Bonchev–Trinajstić information content (AvgIpc) is 3.31. The third-order valence-electron chi connectivity index (χ3n) is 6.36. The van der Waals surface area contributed by atoms with Gasteiger partial charge < -0.3 is 10.6 Å². The summed E-state index contributed by atoms with van der Waals surface area (Å²) in [6.07, 6.45) is 4.83. The van der Waals surface area contributed by atoms with Crippen LogP contribution in [0, 0.1) is 0 Å². The van der Waals surface area contributed by atoms with Crippen molar-refractivity contribution >= 4 is 31.9 Å². The minimum absolute atomic E-state index is 0. The molecule has 2 aromatic rings. The Morgan fingerprint density at radius 2 is 1.12 bits per heavy atom. The molecule has 0 saturated carbocycles. The van der Waals surface area contributed by atoms with E-state index in [4.69, 9.17) is 0 Å². The molecule has 181 valence electrons. The number of hydrogen-bond acceptors (Lipinski definition) is 0. The van der Waals surface area contributed by atoms with Crippen LogP contribution in [0.3, 0.4) is 0 Å². The van der Waals surface area contributed by atoms with Gasteiger partial charge in [0.25, 0.3) is 0 Å². The SMILES string of the molecule is CC1=Cc2ccccc2C1[CH2][Sn]([CH3])[CH]1C(C)=Cc2ccccc21.CC[N-]CC.CC[N-]CC.[Zr+2]. The van der Waals surface area contributed by atoms with Crippen LogP contribution in [0.2, 0.25) is 9.38 Å². The standard InChI is InChI=1S/C11H11.C10H9.2C4H10N.CH3.Sn.Zr/c1-8-7-10-5-3-4-6-11(10)9(8)2;1-8-6-9-4-2-3-5-10(9)7-8;2*1-3-5-4-2;;;/h3-7,9H,2H2,1H3;2-7H,1H3;2*3-4H2,1-2H3;1H3;;/q;;2*-1;;;+2. The molecule has 0 spiro atoms. The fourth-order valence-corrected chi connectivity index (χ4v) is 13.6. The first-order chi connectivity index (χ1) is 16.0. The minimum Gasteiger partial charge on any atom is -0.663 e. The van der Waals surface area contributed by atoms with E-state index in [1.54, 1.807) is 22.3 Å². The number of nitrogens with zero attached hydrogens (tertiary/aromatic N) is 2. The molecule has 2 nitrogen and oxygen atoms in total. The number of allylic oxidation sites excluding steroid dienone is 2. The Balaban J connectivity index is 0.000000449. The second-order valence-electron chi connectivity index (χ2n) is 8.78. The maximum atomic E-state index is 3.97. The van der Waals surface area contributed by atoms with Gasteiger partial charge in [0.15, 0.2) is 0 Å². The fraction of sp³-hybridized carbons (Fsp3) is 0.467. The zero-order valence-corrected chi connectivity index (χ0v) is 27.7. The summed E-state index contributed by atoms with van der Waals surface area (Å²) in [5.41, 5.74) is 9.27. The van der Waals surface area contributed by atoms with Gasteiger partial charge in [0.1, 0.15) is 0 Å². The monoisotopic (exact) mass is 641 g/mol. The number of rotatable bonds is 7. The maximum absolute atomic E-state index is 3.97. The normalized spacial score (nSPS) is 17.3. The molecule has 2 unspecified atom stereocenters. The third-order valence-corrected chi connectivity index (χ3v) is 14.4. The van der Waals surface area contributed by atoms with E-state index in [1.807, 2.05) is 27.7 Å². The molecular weight excluding hydrogens is 598 g/mol. The van der Waals surface area contributed by atoms with Crippen LogP contribution >= 0.6 is 0 Å². The van der Waals surface area contributed by atoms with Crippen molar-refractivity contribution in [2.75, 3.05) is 26.2 Å². The second kappa shape index (κ2) is 17.1. The van der Waals surface area contributed by atoms with E-state index in [1.165, 1.54) is 15.6 Å². The van der Waals surface area contributed by atoms with Crippen molar-refractivity contribution in [3.8, 4) is 0 Å². The summed E-state index contributed by atoms with van der Waals surface area (Å²) in [6.45, 7) is 16.7. The molecule has 0 aromatic heterocycles. The summed E-state index contributed by atoms with van der Waals surface area (Å²) in [6, 6.07) is 18.0. The molecule has 0 heterocycles. The topological polar surface area (TPSA) is 28.2 Å². The Morgan fingerprint density at radius 1 is 0.676 bits per heavy atom. The molecule has 0 saturated heterocycles. The van der Waals surface area contributed by atoms with Gasteiger partial charge in [-0.1, -0.05) is 27.7 Å². The Hall–Kier alpha value is -0.478. The average molecular weight is 642 g/mol. The van der Waals surface area contributed by atoms with E-state index in [0.717, 1.165) is 30.1 Å². The molecule has 0 aliphatic heterocycles. The zero-order valence-electron chi connectivity index (χ0n) is 22.4.